The van der Waals surface area contributed by atoms with Crippen LogP contribution in [0.25, 0.3) is 11.1 Å². The Morgan fingerprint density at radius 2 is 2.11 bits per heavy atom. The summed E-state index contributed by atoms with van der Waals surface area (Å²) in [6, 6.07) is 6.35. The van der Waals surface area contributed by atoms with Crippen molar-refractivity contribution < 1.29 is 18.3 Å². The molecule has 0 amide bonds. The minimum Gasteiger partial charge on any atom is -0.495 e. The molecular weight excluding hydrogens is 372 g/mol. The van der Waals surface area contributed by atoms with Crippen LogP contribution >= 0.6 is 11.8 Å². The summed E-state index contributed by atoms with van der Waals surface area (Å²) in [7, 11) is 1.55. The molecule has 1 aromatic carbocycles. The number of nitrogens with two attached hydrogens (primary N) is 1. The zero-order valence-electron chi connectivity index (χ0n) is 14.7. The fourth-order valence-corrected chi connectivity index (χ4v) is 4.59. The number of hydrogen-bond acceptors (Lipinski definition) is 6. The first kappa shape index (κ1) is 18.2. The molecule has 0 aliphatic carbocycles. The molecule has 1 aromatic heterocycles. The van der Waals surface area contributed by atoms with Gasteiger partial charge in [-0.2, -0.15) is 0 Å². The third-order valence-electron chi connectivity index (χ3n) is 5.14. The molecule has 4 rings (SSSR count). The molecule has 8 heteroatoms. The number of methoxy groups -OCH3 is 1. The lowest BCUT2D eigenvalue weighted by atomic mass is 9.73. The lowest BCUT2D eigenvalue weighted by molar-refractivity contribution is -0.0705. The number of pyridine rings is 1. The lowest BCUT2D eigenvalue weighted by Gasteiger charge is -2.48. The number of ether oxygens (including phenoxy) is 2. The van der Waals surface area contributed by atoms with Gasteiger partial charge in [0.25, 0.3) is 0 Å². The van der Waals surface area contributed by atoms with Gasteiger partial charge in [-0.05, 0) is 23.8 Å². The molecule has 2 atom stereocenters. The van der Waals surface area contributed by atoms with Gasteiger partial charge in [-0.25, -0.2) is 13.8 Å². The SMILES string of the molecule is COc1cncc(-c2ccc(F)c([C@]34COCC[C@@]3(F)CSC(N)=N4)c2)c1. The molecule has 1 fully saturated rings. The zero-order valence-corrected chi connectivity index (χ0v) is 15.6. The minimum atomic E-state index is -1.73. The summed E-state index contributed by atoms with van der Waals surface area (Å²) >= 11 is 1.16. The fraction of sp³-hybridized carbons (Fsp3) is 0.368. The molecule has 2 aromatic rings. The number of aliphatic imine (C=N–C) groups is 1. The fourth-order valence-electron chi connectivity index (χ4n) is 3.61. The van der Waals surface area contributed by atoms with Gasteiger partial charge in [0.2, 0.25) is 0 Å². The molecule has 0 radical (unpaired) electrons. The van der Waals surface area contributed by atoms with Crippen molar-refractivity contribution in [1.82, 2.24) is 4.98 Å². The van der Waals surface area contributed by atoms with Crippen molar-refractivity contribution in [1.29, 1.82) is 0 Å². The Labute approximate surface area is 160 Å². The van der Waals surface area contributed by atoms with E-state index in [0.29, 0.717) is 11.3 Å². The Bertz CT molecular complexity index is 910. The van der Waals surface area contributed by atoms with Crippen LogP contribution in [-0.4, -0.2) is 41.9 Å². The highest BCUT2D eigenvalue weighted by molar-refractivity contribution is 8.13. The highest BCUT2D eigenvalue weighted by Crippen LogP contribution is 2.50. The van der Waals surface area contributed by atoms with Crippen molar-refractivity contribution in [2.75, 3.05) is 26.1 Å². The van der Waals surface area contributed by atoms with Crippen molar-refractivity contribution >= 4 is 16.9 Å². The number of aromatic nitrogens is 1. The zero-order chi connectivity index (χ0) is 19.1. The van der Waals surface area contributed by atoms with Gasteiger partial charge < -0.3 is 15.2 Å². The summed E-state index contributed by atoms with van der Waals surface area (Å²) in [6.45, 7) is 0.219. The lowest BCUT2D eigenvalue weighted by Crippen LogP contribution is -2.59. The van der Waals surface area contributed by atoms with E-state index in [4.69, 9.17) is 15.2 Å². The molecule has 142 valence electrons. The van der Waals surface area contributed by atoms with Crippen molar-refractivity contribution in [2.24, 2.45) is 10.7 Å². The number of fused-ring (bicyclic) bond motifs is 1. The van der Waals surface area contributed by atoms with Gasteiger partial charge in [-0.15, -0.1) is 0 Å². The van der Waals surface area contributed by atoms with Gasteiger partial charge in [0.15, 0.2) is 10.8 Å². The Hall–Kier alpha value is -2.19. The normalized spacial score (nSPS) is 27.6. The number of hydrogen-bond donors (Lipinski definition) is 1. The van der Waals surface area contributed by atoms with Crippen LogP contribution in [0.4, 0.5) is 8.78 Å². The number of thioether (sulfide) groups is 1. The van der Waals surface area contributed by atoms with Gasteiger partial charge in [-0.1, -0.05) is 17.8 Å². The molecule has 2 aliphatic rings. The molecule has 2 N–H and O–H groups in total. The van der Waals surface area contributed by atoms with E-state index < -0.39 is 17.0 Å². The third kappa shape index (κ3) is 2.96. The molecule has 3 heterocycles. The van der Waals surface area contributed by atoms with Crippen LogP contribution in [0.3, 0.4) is 0 Å². The van der Waals surface area contributed by atoms with Crippen LogP contribution < -0.4 is 10.5 Å². The Kier molecular flexibility index (Phi) is 4.55. The average Bonchev–Trinajstić information content (AvgIpc) is 2.68. The predicted molar refractivity (Wildman–Crippen MR) is 101 cm³/mol. The van der Waals surface area contributed by atoms with E-state index in [1.165, 1.54) is 6.07 Å². The van der Waals surface area contributed by atoms with E-state index in [-0.39, 0.29) is 36.1 Å². The monoisotopic (exact) mass is 391 g/mol. The molecule has 27 heavy (non-hydrogen) atoms. The summed E-state index contributed by atoms with van der Waals surface area (Å²) in [6.07, 6.45) is 3.37. The van der Waals surface area contributed by atoms with Crippen molar-refractivity contribution in [3.63, 3.8) is 0 Å². The highest BCUT2D eigenvalue weighted by atomic mass is 32.2. The number of amidine groups is 1. The summed E-state index contributed by atoms with van der Waals surface area (Å²) in [4.78, 5) is 8.52. The first-order valence-electron chi connectivity index (χ1n) is 8.52. The molecule has 5 nitrogen and oxygen atoms in total. The number of nitrogens with zero attached hydrogens (tertiary/aromatic N) is 2. The van der Waals surface area contributed by atoms with E-state index in [9.17, 15) is 4.39 Å². The third-order valence-corrected chi connectivity index (χ3v) is 6.13. The molecular formula is C19H19F2N3O2S. The van der Waals surface area contributed by atoms with Crippen molar-refractivity contribution in [2.45, 2.75) is 17.6 Å². The predicted octanol–water partition coefficient (Wildman–Crippen LogP) is 3.28. The van der Waals surface area contributed by atoms with Gasteiger partial charge in [-0.3, -0.25) is 4.98 Å². The van der Waals surface area contributed by atoms with E-state index in [2.05, 4.69) is 9.98 Å². The largest absolute Gasteiger partial charge is 0.495 e. The van der Waals surface area contributed by atoms with Gasteiger partial charge in [0, 0.05) is 36.1 Å². The molecule has 1 saturated heterocycles. The molecule has 0 saturated carbocycles. The Balaban J connectivity index is 1.88. The quantitative estimate of drug-likeness (QED) is 0.870. The number of rotatable bonds is 3. The minimum absolute atomic E-state index is 0.0541. The summed E-state index contributed by atoms with van der Waals surface area (Å²) < 4.78 is 41.5. The smallest absolute Gasteiger partial charge is 0.155 e. The first-order chi connectivity index (χ1) is 13.0. The molecule has 0 spiro atoms. The average molecular weight is 391 g/mol. The van der Waals surface area contributed by atoms with Crippen LogP contribution in [0, 0.1) is 5.82 Å². The van der Waals surface area contributed by atoms with E-state index in [0.717, 1.165) is 17.3 Å². The second-order valence-corrected chi connectivity index (χ2v) is 7.67. The van der Waals surface area contributed by atoms with Crippen LogP contribution in [-0.2, 0) is 10.3 Å². The second-order valence-electron chi connectivity index (χ2n) is 6.67. The van der Waals surface area contributed by atoms with E-state index in [1.807, 2.05) is 0 Å². The first-order valence-corrected chi connectivity index (χ1v) is 9.50. The maximum atomic E-state index is 15.9. The highest BCUT2D eigenvalue weighted by Gasteiger charge is 2.59. The number of benzene rings is 1. The Morgan fingerprint density at radius 3 is 2.93 bits per heavy atom. The van der Waals surface area contributed by atoms with Gasteiger partial charge >= 0.3 is 0 Å². The number of alkyl halides is 1. The van der Waals surface area contributed by atoms with Crippen molar-refractivity contribution in [3.05, 3.63) is 48.0 Å². The molecule has 2 aliphatic heterocycles. The van der Waals surface area contributed by atoms with E-state index >= 15 is 4.39 Å². The molecule has 0 bridgehead atoms. The second kappa shape index (κ2) is 6.76. The van der Waals surface area contributed by atoms with E-state index in [1.54, 1.807) is 37.7 Å². The molecule has 0 unspecified atom stereocenters. The summed E-state index contributed by atoms with van der Waals surface area (Å²) in [5.41, 5.74) is 4.24. The maximum Gasteiger partial charge on any atom is 0.155 e. The summed E-state index contributed by atoms with van der Waals surface area (Å²) in [5.74, 6) is 0.162. The Morgan fingerprint density at radius 1 is 1.26 bits per heavy atom. The van der Waals surface area contributed by atoms with Crippen LogP contribution in [0.2, 0.25) is 0 Å². The van der Waals surface area contributed by atoms with Gasteiger partial charge in [0.05, 0.1) is 19.9 Å². The number of halogens is 2. The summed E-state index contributed by atoms with van der Waals surface area (Å²) in [5, 5.41) is 0.238. The van der Waals surface area contributed by atoms with Crippen LogP contribution in [0.15, 0.2) is 41.7 Å². The van der Waals surface area contributed by atoms with Crippen molar-refractivity contribution in [3.8, 4) is 16.9 Å². The van der Waals surface area contributed by atoms with Crippen LogP contribution in [0.1, 0.15) is 12.0 Å². The van der Waals surface area contributed by atoms with Crippen LogP contribution in [0.5, 0.6) is 5.75 Å². The standard InChI is InChI=1S/C19H19F2N3O2S/c1-25-14-6-13(8-23-9-14)12-2-3-16(20)15(7-12)19-10-26-5-4-18(19,21)11-27-17(22)24-19/h2-3,6-9H,4-5,10-11H2,1H3,(H2,22,24)/t18-,19-/m1/s1. The van der Waals surface area contributed by atoms with Gasteiger partial charge in [0.1, 0.15) is 17.1 Å². The topological polar surface area (TPSA) is 69.7 Å². The maximum absolute atomic E-state index is 15.9.